The van der Waals surface area contributed by atoms with E-state index >= 15 is 0 Å². The molecule has 3 aliphatic carbocycles. The Morgan fingerprint density at radius 2 is 1.69 bits per heavy atom. The van der Waals surface area contributed by atoms with Crippen molar-refractivity contribution in [3.05, 3.63) is 52.6 Å². The number of ketones is 3. The van der Waals surface area contributed by atoms with Gasteiger partial charge in [-0.25, -0.2) is 0 Å². The highest BCUT2D eigenvalue weighted by Gasteiger charge is 2.69. The standard InChI is InChI=1S/C31H34N4O7/c1-34(2)20-13-15(8-5-14-6-9-17(32)10-7-14)25(36)22-18(20)11-16-12-19-24(35(3)4)27(38)23(30(33)41)29(40)31(19,42)28(39)21(16)26(22)37/h6-7,9-10,13,16,19,21,23-24,27,36,38,42H,11-12,32H2,1-4H3,(H2,33,41)/t16-,19-,21?,23?,24-,27?,31-/m1/s1. The molecular weight excluding hydrogens is 540 g/mol. The molecule has 11 heteroatoms. The molecule has 2 aromatic rings. The number of hydrogen-bond acceptors (Lipinski definition) is 10. The molecule has 0 saturated heterocycles. The second-order valence-corrected chi connectivity index (χ2v) is 11.9. The van der Waals surface area contributed by atoms with Crippen molar-refractivity contribution in [3.8, 4) is 17.6 Å². The van der Waals surface area contributed by atoms with E-state index in [1.807, 2.05) is 0 Å². The van der Waals surface area contributed by atoms with Gasteiger partial charge in [-0.2, -0.15) is 0 Å². The molecule has 0 spiro atoms. The first-order valence-corrected chi connectivity index (χ1v) is 13.6. The molecule has 7 N–H and O–H groups in total. The van der Waals surface area contributed by atoms with E-state index in [9.17, 15) is 34.5 Å². The number of benzene rings is 2. The Balaban J connectivity index is 1.64. The smallest absolute Gasteiger partial charge is 0.230 e. The van der Waals surface area contributed by atoms with Crippen LogP contribution in [0.2, 0.25) is 0 Å². The predicted octanol–water partition coefficient (Wildman–Crippen LogP) is -0.293. The first-order valence-electron chi connectivity index (χ1n) is 13.6. The average Bonchev–Trinajstić information content (AvgIpc) is 2.90. The Kier molecular flexibility index (Phi) is 7.13. The number of anilines is 2. The lowest BCUT2D eigenvalue weighted by molar-refractivity contribution is -0.190. The Morgan fingerprint density at radius 3 is 2.26 bits per heavy atom. The lowest BCUT2D eigenvalue weighted by atomic mass is 9.52. The number of Topliss-reactive ketones (excluding diaryl/α,β-unsaturated/α-hetero) is 3. The number of nitrogens with two attached hydrogens (primary N) is 2. The van der Waals surface area contributed by atoms with Crippen LogP contribution >= 0.6 is 0 Å². The van der Waals surface area contributed by atoms with Crippen LogP contribution in [0.15, 0.2) is 30.3 Å². The highest BCUT2D eigenvalue weighted by atomic mass is 16.3. The van der Waals surface area contributed by atoms with Crippen LogP contribution in [-0.2, 0) is 20.8 Å². The number of nitrogen functional groups attached to an aromatic ring is 1. The van der Waals surface area contributed by atoms with Crippen LogP contribution < -0.4 is 16.4 Å². The molecule has 0 bridgehead atoms. The van der Waals surface area contributed by atoms with Crippen LogP contribution in [0.5, 0.6) is 5.75 Å². The van der Waals surface area contributed by atoms with Gasteiger partial charge in [0.05, 0.1) is 23.1 Å². The minimum atomic E-state index is -2.71. The number of carbonyl (C=O) groups is 4. The summed E-state index contributed by atoms with van der Waals surface area (Å²) in [5, 5.41) is 34.1. The van der Waals surface area contributed by atoms with Crippen molar-refractivity contribution in [2.24, 2.45) is 29.4 Å². The number of hydrogen-bond donors (Lipinski definition) is 5. The summed E-state index contributed by atoms with van der Waals surface area (Å²) in [5.74, 6) is -3.67. The maximum Gasteiger partial charge on any atom is 0.230 e. The van der Waals surface area contributed by atoms with Gasteiger partial charge in [0.2, 0.25) is 5.91 Å². The minimum Gasteiger partial charge on any atom is -0.506 e. The second kappa shape index (κ2) is 10.2. The van der Waals surface area contributed by atoms with Crippen LogP contribution in [0.4, 0.5) is 11.4 Å². The summed E-state index contributed by atoms with van der Waals surface area (Å²) in [6.45, 7) is 0. The summed E-state index contributed by atoms with van der Waals surface area (Å²) in [4.78, 5) is 57.2. The van der Waals surface area contributed by atoms with Gasteiger partial charge in [-0.05, 0) is 68.8 Å². The fraction of sp³-hybridized carbons (Fsp3) is 0.419. The van der Waals surface area contributed by atoms with Gasteiger partial charge in [-0.1, -0.05) is 11.8 Å². The molecule has 0 heterocycles. The van der Waals surface area contributed by atoms with E-state index in [0.29, 0.717) is 22.5 Å². The molecule has 2 saturated carbocycles. The van der Waals surface area contributed by atoms with Crippen LogP contribution in [0, 0.1) is 35.5 Å². The molecular formula is C31H34N4O7. The fourth-order valence-corrected chi connectivity index (χ4v) is 7.07. The van der Waals surface area contributed by atoms with E-state index in [4.69, 9.17) is 11.5 Å². The van der Waals surface area contributed by atoms with Gasteiger partial charge >= 0.3 is 0 Å². The van der Waals surface area contributed by atoms with Gasteiger partial charge in [-0.3, -0.25) is 19.2 Å². The molecule has 3 unspecified atom stereocenters. The Bertz CT molecular complexity index is 1570. The number of aliphatic hydroxyl groups excluding tert-OH is 1. The van der Waals surface area contributed by atoms with E-state index in [2.05, 4.69) is 11.8 Å². The molecule has 1 amide bonds. The monoisotopic (exact) mass is 574 g/mol. The van der Waals surface area contributed by atoms with E-state index in [1.165, 1.54) is 0 Å². The van der Waals surface area contributed by atoms with E-state index in [0.717, 1.165) is 0 Å². The average molecular weight is 575 g/mol. The third-order valence-corrected chi connectivity index (χ3v) is 9.00. The van der Waals surface area contributed by atoms with Crippen molar-refractivity contribution in [1.82, 2.24) is 4.90 Å². The van der Waals surface area contributed by atoms with Crippen molar-refractivity contribution in [2.45, 2.75) is 30.6 Å². The van der Waals surface area contributed by atoms with Crippen LogP contribution in [0.3, 0.4) is 0 Å². The third kappa shape index (κ3) is 4.26. The van der Waals surface area contributed by atoms with E-state index in [1.54, 1.807) is 68.3 Å². The predicted molar refractivity (Wildman–Crippen MR) is 154 cm³/mol. The highest BCUT2D eigenvalue weighted by Crippen LogP contribution is 2.52. The summed E-state index contributed by atoms with van der Waals surface area (Å²) in [6.07, 6.45) is -1.31. The number of phenolic OH excluding ortho intramolecular Hbond substituents is 1. The quantitative estimate of drug-likeness (QED) is 0.185. The van der Waals surface area contributed by atoms with Gasteiger partial charge in [0, 0.05) is 43.0 Å². The zero-order valence-corrected chi connectivity index (χ0v) is 23.8. The van der Waals surface area contributed by atoms with Crippen molar-refractivity contribution in [3.63, 3.8) is 0 Å². The Morgan fingerprint density at radius 1 is 1.05 bits per heavy atom. The van der Waals surface area contributed by atoms with Gasteiger partial charge < -0.3 is 36.6 Å². The molecule has 42 heavy (non-hydrogen) atoms. The SMILES string of the molecule is CN(C)c1cc(C#Cc2ccc(N)cc2)c(O)c2c1C[C@@H]1C[C@@H]3[C@@H](N(C)C)C(O)C(C(N)=O)C(=O)[C@]3(O)C(=O)C1C2=O. The molecule has 0 aliphatic heterocycles. The number of fused-ring (bicyclic) bond motifs is 3. The molecule has 2 aromatic carbocycles. The maximum absolute atomic E-state index is 14.1. The first kappa shape index (κ1) is 29.3. The molecule has 220 valence electrons. The molecule has 2 fully saturated rings. The number of aliphatic hydroxyl groups is 2. The summed E-state index contributed by atoms with van der Waals surface area (Å²) in [7, 11) is 6.78. The van der Waals surface area contributed by atoms with Crippen molar-refractivity contribution >= 4 is 34.6 Å². The summed E-state index contributed by atoms with van der Waals surface area (Å²) >= 11 is 0. The largest absolute Gasteiger partial charge is 0.506 e. The number of amides is 1. The van der Waals surface area contributed by atoms with Gasteiger partial charge in [-0.15, -0.1) is 0 Å². The van der Waals surface area contributed by atoms with Crippen LogP contribution in [0.25, 0.3) is 0 Å². The Hall–Kier alpha value is -4.24. The molecule has 0 radical (unpaired) electrons. The second-order valence-electron chi connectivity index (χ2n) is 11.9. The van der Waals surface area contributed by atoms with Crippen LogP contribution in [-0.4, -0.2) is 89.4 Å². The van der Waals surface area contributed by atoms with Crippen molar-refractivity contribution in [1.29, 1.82) is 0 Å². The number of carbonyl (C=O) groups excluding carboxylic acids is 4. The Labute approximate surface area is 243 Å². The summed E-state index contributed by atoms with van der Waals surface area (Å²) < 4.78 is 0. The molecule has 3 aliphatic rings. The molecule has 5 rings (SSSR count). The topological polar surface area (TPSA) is 187 Å². The zero-order valence-electron chi connectivity index (χ0n) is 23.8. The van der Waals surface area contributed by atoms with Crippen molar-refractivity contribution < 1.29 is 34.5 Å². The van der Waals surface area contributed by atoms with Gasteiger partial charge in [0.1, 0.15) is 11.7 Å². The summed E-state index contributed by atoms with van der Waals surface area (Å²) in [6, 6.07) is 7.54. The van der Waals surface area contributed by atoms with Crippen molar-refractivity contribution in [2.75, 3.05) is 38.8 Å². The number of primary amides is 1. The zero-order chi connectivity index (χ0) is 30.8. The van der Waals surface area contributed by atoms with E-state index < -0.39 is 70.4 Å². The fourth-order valence-electron chi connectivity index (χ4n) is 7.07. The summed E-state index contributed by atoms with van der Waals surface area (Å²) in [5.41, 5.74) is 10.9. The first-order chi connectivity index (χ1) is 19.7. The lowest BCUT2D eigenvalue weighted by Gasteiger charge is -2.55. The van der Waals surface area contributed by atoms with Gasteiger partial charge in [0.25, 0.3) is 0 Å². The number of likely N-dealkylation sites (N-methyl/N-ethyl adjacent to an activating group) is 1. The number of nitrogens with zero attached hydrogens (tertiary/aromatic N) is 2. The highest BCUT2D eigenvalue weighted by molar-refractivity contribution is 6.25. The third-order valence-electron chi connectivity index (χ3n) is 9.00. The van der Waals surface area contributed by atoms with E-state index in [-0.39, 0.29) is 24.0 Å². The number of phenols is 1. The normalized spacial score (nSPS) is 30.1. The van der Waals surface area contributed by atoms with Gasteiger partial charge in [0.15, 0.2) is 23.0 Å². The molecule has 0 aromatic heterocycles. The number of aromatic hydroxyl groups is 1. The minimum absolute atomic E-state index is 0.0432. The molecule has 11 nitrogen and oxygen atoms in total. The molecule has 7 atom stereocenters. The lowest BCUT2D eigenvalue weighted by Crippen LogP contribution is -2.75. The maximum atomic E-state index is 14.1. The number of rotatable bonds is 3. The van der Waals surface area contributed by atoms with Crippen LogP contribution in [0.1, 0.15) is 33.5 Å².